The van der Waals surface area contributed by atoms with Crippen LogP contribution >= 0.6 is 11.6 Å². The van der Waals surface area contributed by atoms with Crippen molar-refractivity contribution in [3.05, 3.63) is 64.7 Å². The van der Waals surface area contributed by atoms with E-state index in [9.17, 15) is 5.26 Å². The van der Waals surface area contributed by atoms with Gasteiger partial charge >= 0.3 is 0 Å². The van der Waals surface area contributed by atoms with Crippen molar-refractivity contribution in [3.8, 4) is 11.8 Å². The minimum absolute atomic E-state index is 0.250. The van der Waals surface area contributed by atoms with E-state index in [1.165, 1.54) is 5.56 Å². The number of hydrogen-bond donors (Lipinski definition) is 0. The molecule has 0 N–H and O–H groups in total. The fraction of sp³-hybridized carbons (Fsp3) is 0.235. The number of nitrogens with zero attached hydrogens (tertiary/aromatic N) is 1. The second-order valence-electron chi connectivity index (χ2n) is 5.12. The van der Waals surface area contributed by atoms with Gasteiger partial charge in [-0.2, -0.15) is 5.26 Å². The number of ether oxygens (including phenoxy) is 1. The lowest BCUT2D eigenvalue weighted by Gasteiger charge is -2.10. The molecule has 0 aromatic heterocycles. The van der Waals surface area contributed by atoms with E-state index in [1.54, 1.807) is 7.11 Å². The molecule has 1 aliphatic rings. The molecule has 2 nitrogen and oxygen atoms in total. The molecule has 1 saturated carbocycles. The Morgan fingerprint density at radius 3 is 2.35 bits per heavy atom. The van der Waals surface area contributed by atoms with Gasteiger partial charge in [-0.25, -0.2) is 0 Å². The second-order valence-corrected chi connectivity index (χ2v) is 5.56. The molecule has 3 rings (SSSR count). The van der Waals surface area contributed by atoms with Crippen molar-refractivity contribution in [1.82, 2.24) is 0 Å². The summed E-state index contributed by atoms with van der Waals surface area (Å²) in [5, 5.41) is 10.3. The molecule has 0 radical (unpaired) electrons. The van der Waals surface area contributed by atoms with Gasteiger partial charge in [-0.1, -0.05) is 35.9 Å². The topological polar surface area (TPSA) is 33.0 Å². The standard InChI is InChI=1S/C17H14ClNO/c1-20-15-8-2-12(3-9-15)16-10-17(16,11-19)13-4-6-14(18)7-5-13/h2-9,16H,10H2,1H3. The third-order valence-corrected chi connectivity index (χ3v) is 4.29. The van der Waals surface area contributed by atoms with Crippen molar-refractivity contribution in [2.24, 2.45) is 0 Å². The molecule has 20 heavy (non-hydrogen) atoms. The summed E-state index contributed by atoms with van der Waals surface area (Å²) in [6.45, 7) is 0. The van der Waals surface area contributed by atoms with E-state index in [2.05, 4.69) is 6.07 Å². The van der Waals surface area contributed by atoms with Gasteiger partial charge in [0.1, 0.15) is 5.75 Å². The third kappa shape index (κ3) is 2.05. The molecule has 3 heteroatoms. The summed E-state index contributed by atoms with van der Waals surface area (Å²) in [7, 11) is 1.65. The lowest BCUT2D eigenvalue weighted by Crippen LogP contribution is -2.06. The number of methoxy groups -OCH3 is 1. The molecule has 2 unspecified atom stereocenters. The van der Waals surface area contributed by atoms with Crippen LogP contribution in [0.15, 0.2) is 48.5 Å². The smallest absolute Gasteiger partial charge is 0.118 e. The predicted molar refractivity (Wildman–Crippen MR) is 79.1 cm³/mol. The van der Waals surface area contributed by atoms with Crippen LogP contribution in [0.3, 0.4) is 0 Å². The highest BCUT2D eigenvalue weighted by molar-refractivity contribution is 6.30. The minimum Gasteiger partial charge on any atom is -0.497 e. The van der Waals surface area contributed by atoms with Gasteiger partial charge in [0.2, 0.25) is 0 Å². The Morgan fingerprint density at radius 2 is 1.80 bits per heavy atom. The first-order valence-electron chi connectivity index (χ1n) is 6.51. The van der Waals surface area contributed by atoms with E-state index in [4.69, 9.17) is 16.3 Å². The van der Waals surface area contributed by atoms with Crippen LogP contribution in [0.2, 0.25) is 5.02 Å². The van der Waals surface area contributed by atoms with Crippen molar-refractivity contribution >= 4 is 11.6 Å². The van der Waals surface area contributed by atoms with Gasteiger partial charge in [-0.15, -0.1) is 0 Å². The summed E-state index contributed by atoms with van der Waals surface area (Å²) in [5.41, 5.74) is 1.83. The van der Waals surface area contributed by atoms with E-state index >= 15 is 0 Å². The maximum atomic E-state index is 9.60. The van der Waals surface area contributed by atoms with Gasteiger partial charge < -0.3 is 4.74 Å². The Morgan fingerprint density at radius 1 is 1.15 bits per heavy atom. The van der Waals surface area contributed by atoms with Crippen molar-refractivity contribution in [2.75, 3.05) is 7.11 Å². The van der Waals surface area contributed by atoms with E-state index in [0.717, 1.165) is 17.7 Å². The molecule has 2 aromatic rings. The summed E-state index contributed by atoms with van der Waals surface area (Å²) < 4.78 is 5.17. The molecular weight excluding hydrogens is 270 g/mol. The van der Waals surface area contributed by atoms with Gasteiger partial charge in [0.15, 0.2) is 0 Å². The van der Waals surface area contributed by atoms with Crippen LogP contribution in [0.1, 0.15) is 23.5 Å². The van der Waals surface area contributed by atoms with Crippen molar-refractivity contribution in [1.29, 1.82) is 5.26 Å². The Bertz CT molecular complexity index is 657. The van der Waals surface area contributed by atoms with Crippen LogP contribution in [-0.2, 0) is 5.41 Å². The summed E-state index contributed by atoms with van der Waals surface area (Å²) in [4.78, 5) is 0. The van der Waals surface area contributed by atoms with Crippen molar-refractivity contribution in [2.45, 2.75) is 17.8 Å². The number of nitriles is 1. The van der Waals surface area contributed by atoms with Crippen molar-refractivity contribution < 1.29 is 4.74 Å². The molecule has 2 atom stereocenters. The molecule has 1 fully saturated rings. The molecule has 0 heterocycles. The van der Waals surface area contributed by atoms with Crippen LogP contribution in [0.25, 0.3) is 0 Å². The van der Waals surface area contributed by atoms with Gasteiger partial charge in [-0.05, 0) is 41.8 Å². The lowest BCUT2D eigenvalue weighted by molar-refractivity contribution is 0.414. The zero-order valence-electron chi connectivity index (χ0n) is 11.1. The van der Waals surface area contributed by atoms with Gasteiger partial charge in [-0.3, -0.25) is 0 Å². The highest BCUT2D eigenvalue weighted by Gasteiger charge is 2.56. The van der Waals surface area contributed by atoms with Crippen LogP contribution < -0.4 is 4.74 Å². The molecule has 0 saturated heterocycles. The number of rotatable bonds is 3. The van der Waals surface area contributed by atoms with Crippen molar-refractivity contribution in [3.63, 3.8) is 0 Å². The fourth-order valence-corrected chi connectivity index (χ4v) is 2.88. The molecule has 0 amide bonds. The number of halogens is 1. The van der Waals surface area contributed by atoms with Crippen LogP contribution in [0.5, 0.6) is 5.75 Å². The first kappa shape index (κ1) is 13.0. The van der Waals surface area contributed by atoms with Gasteiger partial charge in [0, 0.05) is 10.9 Å². The Hall–Kier alpha value is -1.98. The quantitative estimate of drug-likeness (QED) is 0.841. The molecule has 0 bridgehead atoms. The SMILES string of the molecule is COc1ccc(C2CC2(C#N)c2ccc(Cl)cc2)cc1. The fourth-order valence-electron chi connectivity index (χ4n) is 2.76. The monoisotopic (exact) mass is 283 g/mol. The van der Waals surface area contributed by atoms with E-state index in [0.29, 0.717) is 5.02 Å². The van der Waals surface area contributed by atoms with E-state index in [-0.39, 0.29) is 5.92 Å². The summed E-state index contributed by atoms with van der Waals surface area (Å²) in [6.07, 6.45) is 0.859. The average Bonchev–Trinajstić information content (AvgIpc) is 3.24. The average molecular weight is 284 g/mol. The van der Waals surface area contributed by atoms with Crippen LogP contribution in [0, 0.1) is 11.3 Å². The highest BCUT2D eigenvalue weighted by Crippen LogP contribution is 2.60. The minimum atomic E-state index is -0.404. The molecule has 1 aliphatic carbocycles. The molecule has 100 valence electrons. The highest BCUT2D eigenvalue weighted by atomic mass is 35.5. The lowest BCUT2D eigenvalue weighted by atomic mass is 9.92. The number of hydrogen-bond acceptors (Lipinski definition) is 2. The maximum absolute atomic E-state index is 9.60. The summed E-state index contributed by atoms with van der Waals surface area (Å²) >= 11 is 5.92. The Kier molecular flexibility index (Phi) is 3.16. The first-order valence-corrected chi connectivity index (χ1v) is 6.88. The molecule has 0 aliphatic heterocycles. The Balaban J connectivity index is 1.90. The normalized spacial score (nSPS) is 23.9. The second kappa shape index (κ2) is 4.85. The maximum Gasteiger partial charge on any atom is 0.118 e. The predicted octanol–water partition coefficient (Wildman–Crippen LogP) is 4.30. The van der Waals surface area contributed by atoms with Crippen LogP contribution in [-0.4, -0.2) is 7.11 Å². The Labute approximate surface area is 123 Å². The molecule has 2 aromatic carbocycles. The zero-order valence-corrected chi connectivity index (χ0v) is 11.9. The molecule has 0 spiro atoms. The summed E-state index contributed by atoms with van der Waals surface area (Å²) in [6, 6.07) is 18.1. The first-order chi connectivity index (χ1) is 9.69. The molecular formula is C17H14ClNO. The van der Waals surface area contributed by atoms with Gasteiger partial charge in [0.05, 0.1) is 18.6 Å². The number of benzene rings is 2. The van der Waals surface area contributed by atoms with Crippen LogP contribution in [0.4, 0.5) is 0 Å². The van der Waals surface area contributed by atoms with Gasteiger partial charge in [0.25, 0.3) is 0 Å². The largest absolute Gasteiger partial charge is 0.497 e. The van der Waals surface area contributed by atoms with E-state index in [1.807, 2.05) is 48.5 Å². The third-order valence-electron chi connectivity index (χ3n) is 4.04. The zero-order chi connectivity index (χ0) is 14.2. The summed E-state index contributed by atoms with van der Waals surface area (Å²) in [5.74, 6) is 1.09. The van der Waals surface area contributed by atoms with E-state index < -0.39 is 5.41 Å².